The van der Waals surface area contributed by atoms with Gasteiger partial charge < -0.3 is 14.9 Å². The number of rotatable bonds is 5. The van der Waals surface area contributed by atoms with Crippen molar-refractivity contribution in [1.82, 2.24) is 9.80 Å². The van der Waals surface area contributed by atoms with Gasteiger partial charge in [-0.3, -0.25) is 0 Å². The highest BCUT2D eigenvalue weighted by molar-refractivity contribution is 4.84. The van der Waals surface area contributed by atoms with Crippen LogP contribution in [0.15, 0.2) is 0 Å². The van der Waals surface area contributed by atoms with Crippen LogP contribution in [0.1, 0.15) is 39.5 Å². The lowest BCUT2D eigenvalue weighted by atomic mass is 9.73. The molecule has 1 aliphatic carbocycles. The zero-order chi connectivity index (χ0) is 13.8. The Balaban J connectivity index is 1.72. The van der Waals surface area contributed by atoms with Gasteiger partial charge in [0.25, 0.3) is 0 Å². The Kier molecular flexibility index (Phi) is 5.67. The second-order valence-corrected chi connectivity index (χ2v) is 7.10. The van der Waals surface area contributed by atoms with Gasteiger partial charge in [-0.05, 0) is 57.7 Å². The SMILES string of the molecule is CC1CC(C)C(CN(C)CCN2CCCC2)C(O)C1. The lowest BCUT2D eigenvalue weighted by Gasteiger charge is -2.39. The van der Waals surface area contributed by atoms with Gasteiger partial charge in [0, 0.05) is 25.6 Å². The molecule has 1 saturated heterocycles. The lowest BCUT2D eigenvalue weighted by Crippen LogP contribution is -2.43. The van der Waals surface area contributed by atoms with Gasteiger partial charge in [0.2, 0.25) is 0 Å². The Hall–Kier alpha value is -0.120. The third-order valence-corrected chi connectivity index (χ3v) is 5.16. The molecule has 4 unspecified atom stereocenters. The average Bonchev–Trinajstić information content (AvgIpc) is 2.84. The van der Waals surface area contributed by atoms with Crippen LogP contribution in [0.4, 0.5) is 0 Å². The third-order valence-electron chi connectivity index (χ3n) is 5.16. The molecule has 0 aromatic carbocycles. The minimum absolute atomic E-state index is 0.0898. The fourth-order valence-electron chi connectivity index (χ4n) is 3.94. The van der Waals surface area contributed by atoms with Crippen LogP contribution in [0, 0.1) is 17.8 Å². The smallest absolute Gasteiger partial charge is 0.0585 e. The van der Waals surface area contributed by atoms with Crippen molar-refractivity contribution < 1.29 is 5.11 Å². The predicted octanol–water partition coefficient (Wildman–Crippen LogP) is 2.06. The molecule has 0 bridgehead atoms. The molecular weight excluding hydrogens is 236 g/mol. The zero-order valence-electron chi connectivity index (χ0n) is 13.0. The molecule has 1 aliphatic heterocycles. The molecule has 0 radical (unpaired) electrons. The van der Waals surface area contributed by atoms with Crippen LogP contribution < -0.4 is 0 Å². The van der Waals surface area contributed by atoms with E-state index in [1.807, 2.05) is 0 Å². The largest absolute Gasteiger partial charge is 0.393 e. The standard InChI is InChI=1S/C16H32N2O/c1-13-10-14(2)15(16(19)11-13)12-17(3)8-9-18-6-4-5-7-18/h13-16,19H,4-12H2,1-3H3. The predicted molar refractivity (Wildman–Crippen MR) is 80.2 cm³/mol. The summed E-state index contributed by atoms with van der Waals surface area (Å²) < 4.78 is 0. The van der Waals surface area contributed by atoms with Gasteiger partial charge in [-0.25, -0.2) is 0 Å². The average molecular weight is 268 g/mol. The Morgan fingerprint density at radius 2 is 1.84 bits per heavy atom. The number of nitrogens with zero attached hydrogens (tertiary/aromatic N) is 2. The van der Waals surface area contributed by atoms with Crippen LogP contribution in [-0.4, -0.2) is 60.8 Å². The van der Waals surface area contributed by atoms with Crippen molar-refractivity contribution >= 4 is 0 Å². The van der Waals surface area contributed by atoms with Gasteiger partial charge in [-0.2, -0.15) is 0 Å². The van der Waals surface area contributed by atoms with Crippen molar-refractivity contribution in [2.75, 3.05) is 39.8 Å². The summed E-state index contributed by atoms with van der Waals surface area (Å²) in [6.45, 7) is 10.6. The summed E-state index contributed by atoms with van der Waals surface area (Å²) in [5.41, 5.74) is 0. The molecule has 0 amide bonds. The molecular formula is C16H32N2O. The topological polar surface area (TPSA) is 26.7 Å². The molecule has 3 heteroatoms. The highest BCUT2D eigenvalue weighted by Gasteiger charge is 2.33. The van der Waals surface area contributed by atoms with Gasteiger partial charge >= 0.3 is 0 Å². The molecule has 3 nitrogen and oxygen atoms in total. The van der Waals surface area contributed by atoms with E-state index in [-0.39, 0.29) is 6.10 Å². The van der Waals surface area contributed by atoms with E-state index in [2.05, 4.69) is 30.7 Å². The molecule has 19 heavy (non-hydrogen) atoms. The summed E-state index contributed by atoms with van der Waals surface area (Å²) >= 11 is 0. The highest BCUT2D eigenvalue weighted by Crippen LogP contribution is 2.34. The molecule has 1 N–H and O–H groups in total. The molecule has 1 heterocycles. The maximum absolute atomic E-state index is 10.3. The molecule has 2 aliphatic rings. The number of aliphatic hydroxyl groups is 1. The summed E-state index contributed by atoms with van der Waals surface area (Å²) in [6, 6.07) is 0. The van der Waals surface area contributed by atoms with E-state index >= 15 is 0 Å². The van der Waals surface area contributed by atoms with Crippen LogP contribution in [-0.2, 0) is 0 Å². The van der Waals surface area contributed by atoms with E-state index in [9.17, 15) is 5.11 Å². The van der Waals surface area contributed by atoms with Crippen molar-refractivity contribution in [2.24, 2.45) is 17.8 Å². The van der Waals surface area contributed by atoms with Gasteiger partial charge in [0.05, 0.1) is 6.10 Å². The first-order valence-corrected chi connectivity index (χ1v) is 8.15. The Morgan fingerprint density at radius 3 is 2.47 bits per heavy atom. The molecule has 2 fully saturated rings. The first kappa shape index (κ1) is 15.3. The van der Waals surface area contributed by atoms with Crippen LogP contribution in [0.3, 0.4) is 0 Å². The van der Waals surface area contributed by atoms with Crippen molar-refractivity contribution in [2.45, 2.75) is 45.6 Å². The molecule has 2 rings (SSSR count). The highest BCUT2D eigenvalue weighted by atomic mass is 16.3. The summed E-state index contributed by atoms with van der Waals surface area (Å²) in [6.07, 6.45) is 4.93. The summed E-state index contributed by atoms with van der Waals surface area (Å²) in [7, 11) is 2.22. The monoisotopic (exact) mass is 268 g/mol. The maximum atomic E-state index is 10.3. The molecule has 0 spiro atoms. The zero-order valence-corrected chi connectivity index (χ0v) is 13.0. The normalized spacial score (nSPS) is 37.1. The molecule has 112 valence electrons. The maximum Gasteiger partial charge on any atom is 0.0585 e. The van der Waals surface area contributed by atoms with Crippen LogP contribution in [0.2, 0.25) is 0 Å². The fourth-order valence-corrected chi connectivity index (χ4v) is 3.94. The van der Waals surface area contributed by atoms with Crippen molar-refractivity contribution in [3.8, 4) is 0 Å². The van der Waals surface area contributed by atoms with Crippen molar-refractivity contribution in [3.63, 3.8) is 0 Å². The Morgan fingerprint density at radius 1 is 1.16 bits per heavy atom. The Labute approximate surface area is 119 Å². The summed E-state index contributed by atoms with van der Waals surface area (Å²) in [4.78, 5) is 5.00. The van der Waals surface area contributed by atoms with Gasteiger partial charge in [-0.1, -0.05) is 13.8 Å². The minimum Gasteiger partial charge on any atom is -0.393 e. The number of hydrogen-bond acceptors (Lipinski definition) is 3. The molecule has 4 atom stereocenters. The first-order valence-electron chi connectivity index (χ1n) is 8.15. The van der Waals surface area contributed by atoms with Crippen molar-refractivity contribution in [1.29, 1.82) is 0 Å². The summed E-state index contributed by atoms with van der Waals surface area (Å²) in [5.74, 6) is 1.82. The molecule has 1 saturated carbocycles. The number of likely N-dealkylation sites (N-methyl/N-ethyl adjacent to an activating group) is 1. The number of aliphatic hydroxyl groups excluding tert-OH is 1. The molecule has 0 aromatic heterocycles. The van der Waals surface area contributed by atoms with Gasteiger partial charge in [0.15, 0.2) is 0 Å². The molecule has 0 aromatic rings. The Bertz CT molecular complexity index is 253. The second-order valence-electron chi connectivity index (χ2n) is 7.10. The third kappa shape index (κ3) is 4.44. The van der Waals surface area contributed by atoms with Crippen LogP contribution >= 0.6 is 0 Å². The van der Waals surface area contributed by atoms with E-state index in [0.717, 1.165) is 19.5 Å². The van der Waals surface area contributed by atoms with E-state index in [1.165, 1.54) is 38.9 Å². The fraction of sp³-hybridized carbons (Fsp3) is 1.00. The van der Waals surface area contributed by atoms with E-state index in [1.54, 1.807) is 0 Å². The van der Waals surface area contributed by atoms with Crippen molar-refractivity contribution in [3.05, 3.63) is 0 Å². The minimum atomic E-state index is -0.0898. The lowest BCUT2D eigenvalue weighted by molar-refractivity contribution is 0.000887. The quantitative estimate of drug-likeness (QED) is 0.827. The van der Waals surface area contributed by atoms with E-state index in [4.69, 9.17) is 0 Å². The summed E-state index contributed by atoms with van der Waals surface area (Å²) in [5, 5.41) is 10.3. The van der Waals surface area contributed by atoms with Gasteiger partial charge in [0.1, 0.15) is 0 Å². The first-order chi connectivity index (χ1) is 9.06. The number of hydrogen-bond donors (Lipinski definition) is 1. The van der Waals surface area contributed by atoms with E-state index < -0.39 is 0 Å². The van der Waals surface area contributed by atoms with Gasteiger partial charge in [-0.15, -0.1) is 0 Å². The van der Waals surface area contributed by atoms with E-state index in [0.29, 0.717) is 17.8 Å². The number of likely N-dealkylation sites (tertiary alicyclic amines) is 1. The van der Waals surface area contributed by atoms with Crippen LogP contribution in [0.5, 0.6) is 0 Å². The second kappa shape index (κ2) is 7.05. The van der Waals surface area contributed by atoms with Crippen LogP contribution in [0.25, 0.3) is 0 Å².